The molecule has 2 heterocycles. The minimum Gasteiger partial charge on any atom is -0.487 e. The Bertz CT molecular complexity index is 636. The molecule has 1 aromatic rings. The first-order valence-corrected chi connectivity index (χ1v) is 8.26. The summed E-state index contributed by atoms with van der Waals surface area (Å²) < 4.78 is 16.0. The second-order valence-electron chi connectivity index (χ2n) is 6.46. The van der Waals surface area contributed by atoms with Crippen molar-refractivity contribution in [2.45, 2.75) is 37.2 Å². The Hall–Kier alpha value is -2.08. The van der Waals surface area contributed by atoms with Crippen LogP contribution in [0.3, 0.4) is 0 Å². The summed E-state index contributed by atoms with van der Waals surface area (Å²) in [5, 5.41) is 3.35. The zero-order chi connectivity index (χ0) is 17.2. The van der Waals surface area contributed by atoms with Crippen molar-refractivity contribution in [2.24, 2.45) is 0 Å². The first kappa shape index (κ1) is 16.8. The maximum Gasteiger partial charge on any atom is 0.337 e. The van der Waals surface area contributed by atoms with Gasteiger partial charge in [-0.1, -0.05) is 0 Å². The number of hydrogen-bond donors (Lipinski definition) is 1. The van der Waals surface area contributed by atoms with E-state index in [9.17, 15) is 9.59 Å². The van der Waals surface area contributed by atoms with E-state index in [1.54, 1.807) is 12.1 Å². The van der Waals surface area contributed by atoms with Gasteiger partial charge in [0.2, 0.25) is 0 Å². The van der Waals surface area contributed by atoms with Gasteiger partial charge in [0.05, 0.1) is 26.2 Å². The van der Waals surface area contributed by atoms with Crippen molar-refractivity contribution < 1.29 is 23.8 Å². The zero-order valence-electron chi connectivity index (χ0n) is 14.1. The van der Waals surface area contributed by atoms with E-state index < -0.39 is 5.97 Å². The molecule has 0 aliphatic carbocycles. The summed E-state index contributed by atoms with van der Waals surface area (Å²) in [5.74, 6) is 0.0887. The molecule has 0 aromatic heterocycles. The number of fused-ring (bicyclic) bond motifs is 1. The molecule has 1 saturated heterocycles. The second kappa shape index (κ2) is 6.81. The van der Waals surface area contributed by atoms with E-state index in [1.165, 1.54) is 14.2 Å². The first-order valence-electron chi connectivity index (χ1n) is 8.26. The lowest BCUT2D eigenvalue weighted by molar-refractivity contribution is -0.141. The average molecular weight is 333 g/mol. The Morgan fingerprint density at radius 2 is 2.00 bits per heavy atom. The number of esters is 2. The van der Waals surface area contributed by atoms with E-state index in [0.717, 1.165) is 43.7 Å². The van der Waals surface area contributed by atoms with Crippen molar-refractivity contribution in [3.8, 4) is 5.75 Å². The molecule has 130 valence electrons. The number of carbonyl (C=O) groups excluding carboxylic acids is 2. The Balaban J connectivity index is 1.96. The largest absolute Gasteiger partial charge is 0.487 e. The van der Waals surface area contributed by atoms with Crippen molar-refractivity contribution in [3.63, 3.8) is 0 Å². The summed E-state index contributed by atoms with van der Waals surface area (Å²) in [6.07, 6.45) is 2.85. The monoisotopic (exact) mass is 333 g/mol. The minimum atomic E-state index is -0.392. The Kier molecular flexibility index (Phi) is 4.76. The molecular weight excluding hydrogens is 310 g/mol. The van der Waals surface area contributed by atoms with Crippen LogP contribution in [-0.4, -0.2) is 44.8 Å². The Morgan fingerprint density at radius 1 is 1.25 bits per heavy atom. The summed E-state index contributed by atoms with van der Waals surface area (Å²) in [6, 6.07) is 5.30. The van der Waals surface area contributed by atoms with Gasteiger partial charge >= 0.3 is 11.9 Å². The Morgan fingerprint density at radius 3 is 2.67 bits per heavy atom. The number of nitrogens with one attached hydrogen (secondary N) is 1. The van der Waals surface area contributed by atoms with Gasteiger partial charge in [-0.3, -0.25) is 4.79 Å². The van der Waals surface area contributed by atoms with Crippen LogP contribution >= 0.6 is 0 Å². The highest BCUT2D eigenvalue weighted by Crippen LogP contribution is 2.46. The van der Waals surface area contributed by atoms with Gasteiger partial charge in [-0.05, 0) is 56.1 Å². The topological polar surface area (TPSA) is 73.9 Å². The molecule has 0 unspecified atom stereocenters. The van der Waals surface area contributed by atoms with E-state index in [2.05, 4.69) is 5.32 Å². The smallest absolute Gasteiger partial charge is 0.337 e. The molecule has 2 aliphatic rings. The summed E-state index contributed by atoms with van der Waals surface area (Å²) in [7, 11) is 2.75. The molecule has 0 radical (unpaired) electrons. The van der Waals surface area contributed by atoms with Crippen LogP contribution < -0.4 is 10.1 Å². The van der Waals surface area contributed by atoms with Crippen molar-refractivity contribution >= 4 is 11.9 Å². The van der Waals surface area contributed by atoms with Gasteiger partial charge in [0.1, 0.15) is 11.4 Å². The maximum atomic E-state index is 11.9. The molecule has 24 heavy (non-hydrogen) atoms. The third-order valence-corrected chi connectivity index (χ3v) is 4.97. The van der Waals surface area contributed by atoms with E-state index in [4.69, 9.17) is 14.2 Å². The second-order valence-corrected chi connectivity index (χ2v) is 6.46. The van der Waals surface area contributed by atoms with Crippen LogP contribution in [0.4, 0.5) is 0 Å². The highest BCUT2D eigenvalue weighted by molar-refractivity contribution is 5.90. The highest BCUT2D eigenvalue weighted by Gasteiger charge is 2.42. The van der Waals surface area contributed by atoms with Gasteiger partial charge in [0, 0.05) is 5.92 Å². The molecule has 2 aliphatic heterocycles. The van der Waals surface area contributed by atoms with Gasteiger partial charge in [0.25, 0.3) is 0 Å². The van der Waals surface area contributed by atoms with E-state index >= 15 is 0 Å². The first-order chi connectivity index (χ1) is 11.6. The van der Waals surface area contributed by atoms with Gasteiger partial charge in [-0.15, -0.1) is 0 Å². The minimum absolute atomic E-state index is 0.0242. The fourth-order valence-corrected chi connectivity index (χ4v) is 3.69. The third-order valence-electron chi connectivity index (χ3n) is 4.97. The average Bonchev–Trinajstić information content (AvgIpc) is 2.61. The van der Waals surface area contributed by atoms with Crippen LogP contribution in [0.15, 0.2) is 18.2 Å². The van der Waals surface area contributed by atoms with E-state index in [1.807, 2.05) is 6.07 Å². The summed E-state index contributed by atoms with van der Waals surface area (Å²) in [6.45, 7) is 1.81. The standard InChI is InChI=1S/C18H23NO5/c1-22-16(20)10-13-11-18(5-7-19-8-6-18)24-15-4-3-12(9-14(13)15)17(21)23-2/h3-4,9,13,19H,5-8,10-11H2,1-2H3/t13-/m1/s1. The Labute approximate surface area is 141 Å². The number of piperidine rings is 1. The number of hydrogen-bond acceptors (Lipinski definition) is 6. The van der Waals surface area contributed by atoms with Gasteiger partial charge in [-0.25, -0.2) is 4.79 Å². The van der Waals surface area contributed by atoms with Crippen LogP contribution in [0.25, 0.3) is 0 Å². The number of carbonyl (C=O) groups is 2. The van der Waals surface area contributed by atoms with Gasteiger partial charge in [-0.2, -0.15) is 0 Å². The lowest BCUT2D eigenvalue weighted by Gasteiger charge is -2.44. The maximum absolute atomic E-state index is 11.9. The molecule has 0 saturated carbocycles. The molecule has 3 rings (SSSR count). The van der Waals surface area contributed by atoms with Crippen LogP contribution in [-0.2, 0) is 14.3 Å². The lowest BCUT2D eigenvalue weighted by atomic mass is 9.76. The molecule has 6 heteroatoms. The van der Waals surface area contributed by atoms with Crippen LogP contribution in [0.1, 0.15) is 47.5 Å². The summed E-state index contributed by atoms with van der Waals surface area (Å²) in [5.41, 5.74) is 1.10. The van der Waals surface area contributed by atoms with Crippen LogP contribution in [0.2, 0.25) is 0 Å². The molecule has 0 amide bonds. The molecular formula is C18H23NO5. The SMILES string of the molecule is COC(=O)C[C@@H]1CC2(CCNCC2)Oc2ccc(C(=O)OC)cc21. The van der Waals surface area contributed by atoms with Crippen LogP contribution in [0, 0.1) is 0 Å². The quantitative estimate of drug-likeness (QED) is 0.853. The van der Waals surface area contributed by atoms with E-state index in [-0.39, 0.29) is 23.9 Å². The van der Waals surface area contributed by atoms with Crippen LogP contribution in [0.5, 0.6) is 5.75 Å². The number of methoxy groups -OCH3 is 2. The lowest BCUT2D eigenvalue weighted by Crippen LogP contribution is -2.49. The zero-order valence-corrected chi connectivity index (χ0v) is 14.1. The summed E-state index contributed by atoms with van der Waals surface area (Å²) in [4.78, 5) is 23.7. The van der Waals surface area contributed by atoms with Gasteiger partial charge < -0.3 is 19.5 Å². The highest BCUT2D eigenvalue weighted by atomic mass is 16.5. The molecule has 1 N–H and O–H groups in total. The number of rotatable bonds is 3. The number of ether oxygens (including phenoxy) is 3. The van der Waals surface area contributed by atoms with Crippen molar-refractivity contribution in [2.75, 3.05) is 27.3 Å². The fraction of sp³-hybridized carbons (Fsp3) is 0.556. The van der Waals surface area contributed by atoms with Crippen molar-refractivity contribution in [3.05, 3.63) is 29.3 Å². The van der Waals surface area contributed by atoms with Gasteiger partial charge in [0.15, 0.2) is 0 Å². The van der Waals surface area contributed by atoms with Crippen molar-refractivity contribution in [1.82, 2.24) is 5.32 Å². The third kappa shape index (κ3) is 3.24. The normalized spacial score (nSPS) is 21.5. The fourth-order valence-electron chi connectivity index (χ4n) is 3.69. The molecule has 1 aromatic carbocycles. The molecule has 1 atom stereocenters. The predicted octanol–water partition coefficient (Wildman–Crippen LogP) is 2.02. The molecule has 6 nitrogen and oxygen atoms in total. The molecule has 1 fully saturated rings. The molecule has 0 bridgehead atoms. The molecule has 1 spiro atoms. The van der Waals surface area contributed by atoms with E-state index in [0.29, 0.717) is 5.56 Å². The van der Waals surface area contributed by atoms with Crippen molar-refractivity contribution in [1.29, 1.82) is 0 Å². The number of benzene rings is 1. The predicted molar refractivity (Wildman–Crippen MR) is 87.2 cm³/mol. The summed E-state index contributed by atoms with van der Waals surface area (Å²) >= 11 is 0.